The Hall–Kier alpha value is -3.46. The van der Waals surface area contributed by atoms with Crippen molar-refractivity contribution in [2.24, 2.45) is 5.14 Å². The summed E-state index contributed by atoms with van der Waals surface area (Å²) in [6.45, 7) is 0.108. The number of carbonyl (C=O) groups is 1. The van der Waals surface area contributed by atoms with E-state index in [2.05, 4.69) is 10.2 Å². The summed E-state index contributed by atoms with van der Waals surface area (Å²) in [7, 11) is -3.83. The molecule has 32 heavy (non-hydrogen) atoms. The summed E-state index contributed by atoms with van der Waals surface area (Å²) >= 11 is 6.03. The normalized spacial score (nSPS) is 11.3. The molecule has 7 nitrogen and oxygen atoms in total. The molecule has 4 aromatic rings. The Balaban J connectivity index is 1.73. The number of hydrogen-bond acceptors (Lipinski definition) is 5. The lowest BCUT2D eigenvalue weighted by Crippen LogP contribution is -2.11. The van der Waals surface area contributed by atoms with Gasteiger partial charge in [0.25, 0.3) is 0 Å². The van der Waals surface area contributed by atoms with Gasteiger partial charge in [-0.2, -0.15) is 5.10 Å². The Morgan fingerprint density at radius 1 is 0.938 bits per heavy atom. The minimum atomic E-state index is -3.83. The number of nitrogens with two attached hydrogens (primary N) is 1. The summed E-state index contributed by atoms with van der Waals surface area (Å²) in [6.07, 6.45) is 0. The highest BCUT2D eigenvalue weighted by molar-refractivity contribution is 7.89. The van der Waals surface area contributed by atoms with E-state index in [1.807, 2.05) is 30.3 Å². The van der Waals surface area contributed by atoms with Gasteiger partial charge in [-0.25, -0.2) is 18.4 Å². The van der Waals surface area contributed by atoms with Crippen molar-refractivity contribution in [1.29, 1.82) is 0 Å². The lowest BCUT2D eigenvalue weighted by Gasteiger charge is -2.08. The fourth-order valence-corrected chi connectivity index (χ4v) is 3.84. The number of nitrogens with zero attached hydrogens (tertiary/aromatic N) is 1. The SMILES string of the molecule is NS(=O)(=O)c1ccc(-c2n[nH]c(C(=O)OCc3ccccc3)c2-c2ccc(Cl)cc2)cc1. The molecule has 3 aromatic carbocycles. The number of aromatic nitrogens is 2. The second-order valence-corrected chi connectivity index (χ2v) is 8.96. The van der Waals surface area contributed by atoms with Crippen LogP contribution >= 0.6 is 11.6 Å². The monoisotopic (exact) mass is 467 g/mol. The maximum absolute atomic E-state index is 12.9. The molecular weight excluding hydrogens is 450 g/mol. The van der Waals surface area contributed by atoms with Crippen molar-refractivity contribution in [3.63, 3.8) is 0 Å². The molecule has 0 amide bonds. The van der Waals surface area contributed by atoms with Crippen LogP contribution in [0.15, 0.2) is 83.8 Å². The number of primary sulfonamides is 1. The minimum absolute atomic E-state index is 0.0210. The lowest BCUT2D eigenvalue weighted by atomic mass is 9.99. The molecule has 1 aromatic heterocycles. The molecule has 9 heteroatoms. The van der Waals surface area contributed by atoms with Gasteiger partial charge in [0.2, 0.25) is 10.0 Å². The largest absolute Gasteiger partial charge is 0.456 e. The second-order valence-electron chi connectivity index (χ2n) is 6.96. The van der Waals surface area contributed by atoms with Crippen LogP contribution in [0.4, 0.5) is 0 Å². The van der Waals surface area contributed by atoms with Gasteiger partial charge in [-0.05, 0) is 35.4 Å². The van der Waals surface area contributed by atoms with E-state index in [-0.39, 0.29) is 17.2 Å². The van der Waals surface area contributed by atoms with Crippen molar-refractivity contribution in [1.82, 2.24) is 10.2 Å². The molecule has 0 unspecified atom stereocenters. The Labute approximate surface area is 189 Å². The first-order chi connectivity index (χ1) is 15.3. The number of sulfonamides is 1. The topological polar surface area (TPSA) is 115 Å². The molecule has 0 aliphatic heterocycles. The summed E-state index contributed by atoms with van der Waals surface area (Å²) in [4.78, 5) is 12.9. The third-order valence-corrected chi connectivity index (χ3v) is 5.95. The van der Waals surface area contributed by atoms with Crippen molar-refractivity contribution in [2.45, 2.75) is 11.5 Å². The number of benzene rings is 3. The van der Waals surface area contributed by atoms with E-state index in [0.29, 0.717) is 27.4 Å². The van der Waals surface area contributed by atoms with Crippen molar-refractivity contribution >= 4 is 27.6 Å². The molecule has 4 rings (SSSR count). The van der Waals surface area contributed by atoms with Gasteiger partial charge in [0.1, 0.15) is 12.3 Å². The number of halogens is 1. The van der Waals surface area contributed by atoms with Crippen molar-refractivity contribution in [2.75, 3.05) is 0 Å². The number of nitrogens with one attached hydrogen (secondary N) is 1. The summed E-state index contributed by atoms with van der Waals surface area (Å²) < 4.78 is 28.6. The highest BCUT2D eigenvalue weighted by Crippen LogP contribution is 2.34. The van der Waals surface area contributed by atoms with E-state index in [9.17, 15) is 13.2 Å². The standard InChI is InChI=1S/C23H18ClN3O4S/c24-18-10-6-16(7-11-18)20-21(17-8-12-19(13-9-17)32(25,29)30)26-27-22(20)23(28)31-14-15-4-2-1-3-5-15/h1-13H,14H2,(H,26,27)(H2,25,29,30). The Kier molecular flexibility index (Phi) is 6.09. The molecule has 162 valence electrons. The zero-order valence-corrected chi connectivity index (χ0v) is 18.2. The summed E-state index contributed by atoms with van der Waals surface area (Å²) in [6, 6.07) is 22.2. The molecule has 0 saturated carbocycles. The first-order valence-electron chi connectivity index (χ1n) is 9.51. The highest BCUT2D eigenvalue weighted by atomic mass is 35.5. The van der Waals surface area contributed by atoms with Crippen molar-refractivity contribution in [3.8, 4) is 22.4 Å². The minimum Gasteiger partial charge on any atom is -0.456 e. The van der Waals surface area contributed by atoms with Crippen LogP contribution in [0.2, 0.25) is 5.02 Å². The van der Waals surface area contributed by atoms with Crippen LogP contribution in [0, 0.1) is 0 Å². The van der Waals surface area contributed by atoms with Crippen LogP contribution in [0.25, 0.3) is 22.4 Å². The van der Waals surface area contributed by atoms with Gasteiger partial charge in [0.05, 0.1) is 4.90 Å². The molecule has 0 aliphatic rings. The number of aromatic amines is 1. The molecular formula is C23H18ClN3O4S. The van der Waals surface area contributed by atoms with Gasteiger partial charge < -0.3 is 4.74 Å². The van der Waals surface area contributed by atoms with Crippen molar-refractivity contribution < 1.29 is 17.9 Å². The maximum atomic E-state index is 12.9. The van der Waals surface area contributed by atoms with E-state index in [1.165, 1.54) is 12.1 Å². The third kappa shape index (κ3) is 4.72. The second kappa shape index (κ2) is 8.96. The van der Waals surface area contributed by atoms with Gasteiger partial charge in [0.15, 0.2) is 5.69 Å². The van der Waals surface area contributed by atoms with Crippen LogP contribution in [0.1, 0.15) is 16.1 Å². The third-order valence-electron chi connectivity index (χ3n) is 4.77. The molecule has 0 saturated heterocycles. The molecule has 0 fully saturated rings. The number of ether oxygens (including phenoxy) is 1. The smallest absolute Gasteiger partial charge is 0.357 e. The number of esters is 1. The average molecular weight is 468 g/mol. The molecule has 0 radical (unpaired) electrons. The molecule has 1 heterocycles. The van der Waals surface area contributed by atoms with Crippen LogP contribution in [0.3, 0.4) is 0 Å². The fraction of sp³-hybridized carbons (Fsp3) is 0.0435. The van der Waals surface area contributed by atoms with Gasteiger partial charge in [-0.15, -0.1) is 0 Å². The Morgan fingerprint density at radius 3 is 2.19 bits per heavy atom. The molecule has 0 aliphatic carbocycles. The Bertz CT molecular complexity index is 1350. The predicted octanol–water partition coefficient (Wildman–Crippen LogP) is 4.40. The number of H-pyrrole nitrogens is 1. The first-order valence-corrected chi connectivity index (χ1v) is 11.4. The number of hydrogen-bond donors (Lipinski definition) is 2. The zero-order chi connectivity index (χ0) is 22.7. The number of carbonyl (C=O) groups excluding carboxylic acids is 1. The first kappa shape index (κ1) is 21.8. The maximum Gasteiger partial charge on any atom is 0.357 e. The lowest BCUT2D eigenvalue weighted by molar-refractivity contribution is 0.0466. The van der Waals surface area contributed by atoms with Crippen LogP contribution in [-0.2, 0) is 21.4 Å². The molecule has 0 spiro atoms. The van der Waals surface area contributed by atoms with E-state index >= 15 is 0 Å². The van der Waals surface area contributed by atoms with E-state index in [1.54, 1.807) is 36.4 Å². The predicted molar refractivity (Wildman–Crippen MR) is 121 cm³/mol. The average Bonchev–Trinajstić information content (AvgIpc) is 3.23. The van der Waals surface area contributed by atoms with E-state index in [4.69, 9.17) is 21.5 Å². The van der Waals surface area contributed by atoms with Crippen LogP contribution < -0.4 is 5.14 Å². The summed E-state index contributed by atoms with van der Waals surface area (Å²) in [5.74, 6) is -0.571. The summed E-state index contributed by atoms with van der Waals surface area (Å²) in [5.41, 5.74) is 3.30. The highest BCUT2D eigenvalue weighted by Gasteiger charge is 2.23. The molecule has 0 atom stereocenters. The van der Waals surface area contributed by atoms with E-state index in [0.717, 1.165) is 5.56 Å². The summed E-state index contributed by atoms with van der Waals surface area (Å²) in [5, 5.41) is 12.8. The Morgan fingerprint density at radius 2 is 1.56 bits per heavy atom. The van der Waals surface area contributed by atoms with Crippen LogP contribution in [-0.4, -0.2) is 24.6 Å². The van der Waals surface area contributed by atoms with Gasteiger partial charge in [-0.1, -0.05) is 66.2 Å². The van der Waals surface area contributed by atoms with Gasteiger partial charge in [-0.3, -0.25) is 5.10 Å². The fourth-order valence-electron chi connectivity index (χ4n) is 3.19. The number of rotatable bonds is 6. The van der Waals surface area contributed by atoms with Gasteiger partial charge in [0, 0.05) is 16.1 Å². The zero-order valence-electron chi connectivity index (χ0n) is 16.7. The van der Waals surface area contributed by atoms with Crippen LogP contribution in [0.5, 0.6) is 0 Å². The van der Waals surface area contributed by atoms with Crippen molar-refractivity contribution in [3.05, 3.63) is 95.1 Å². The van der Waals surface area contributed by atoms with Gasteiger partial charge >= 0.3 is 5.97 Å². The quantitative estimate of drug-likeness (QED) is 0.408. The van der Waals surface area contributed by atoms with E-state index < -0.39 is 16.0 Å². The molecule has 0 bridgehead atoms. The molecule has 3 N–H and O–H groups in total.